The molecule has 1 aliphatic rings. The van der Waals surface area contributed by atoms with Crippen LogP contribution in [-0.2, 0) is 4.79 Å². The molecule has 0 radical (unpaired) electrons. The molecule has 0 aliphatic carbocycles. The molecule has 1 saturated heterocycles. The molecular weight excluding hydrogens is 258 g/mol. The lowest BCUT2D eigenvalue weighted by molar-refractivity contribution is -0.127. The molecular formula is C16H30ClNO. The molecule has 0 bridgehead atoms. The van der Waals surface area contributed by atoms with Gasteiger partial charge < -0.3 is 4.90 Å². The van der Waals surface area contributed by atoms with E-state index in [0.717, 1.165) is 19.5 Å². The molecule has 1 unspecified atom stereocenters. The highest BCUT2D eigenvalue weighted by atomic mass is 35.5. The number of likely N-dealkylation sites (tertiary alicyclic amines) is 1. The van der Waals surface area contributed by atoms with Crippen molar-refractivity contribution in [3.63, 3.8) is 0 Å². The molecule has 0 spiro atoms. The fourth-order valence-electron chi connectivity index (χ4n) is 2.73. The van der Waals surface area contributed by atoms with E-state index in [1.807, 2.05) is 4.90 Å². The number of amides is 1. The van der Waals surface area contributed by atoms with Crippen molar-refractivity contribution in [1.82, 2.24) is 4.90 Å². The summed E-state index contributed by atoms with van der Waals surface area (Å²) in [6.07, 6.45) is 14.0. The first kappa shape index (κ1) is 16.8. The van der Waals surface area contributed by atoms with Gasteiger partial charge in [-0.15, -0.1) is 11.6 Å². The van der Waals surface area contributed by atoms with Crippen LogP contribution in [0.25, 0.3) is 0 Å². The van der Waals surface area contributed by atoms with Crippen LogP contribution in [0.4, 0.5) is 0 Å². The van der Waals surface area contributed by atoms with E-state index in [4.69, 9.17) is 11.6 Å². The standard InChI is InChI=1S/C16H30ClNO/c1-2-3-4-5-6-7-8-9-10-11-12-18-14-15(17)13-16(18)19/h15H,2-14H2,1H3. The molecule has 0 aromatic carbocycles. The van der Waals surface area contributed by atoms with Gasteiger partial charge in [-0.2, -0.15) is 0 Å². The second kappa shape index (κ2) is 10.5. The van der Waals surface area contributed by atoms with Gasteiger partial charge in [0.25, 0.3) is 0 Å². The third-order valence-corrected chi connectivity index (χ3v) is 4.24. The summed E-state index contributed by atoms with van der Waals surface area (Å²) in [5.74, 6) is 0.246. The maximum absolute atomic E-state index is 11.5. The average molecular weight is 288 g/mol. The minimum Gasteiger partial charge on any atom is -0.341 e. The highest BCUT2D eigenvalue weighted by Crippen LogP contribution is 2.17. The van der Waals surface area contributed by atoms with Gasteiger partial charge in [0.2, 0.25) is 5.91 Å². The Hall–Kier alpha value is -0.240. The molecule has 0 N–H and O–H groups in total. The lowest BCUT2D eigenvalue weighted by Crippen LogP contribution is -2.26. The van der Waals surface area contributed by atoms with Gasteiger partial charge in [0, 0.05) is 19.5 Å². The number of halogens is 1. The van der Waals surface area contributed by atoms with Crippen LogP contribution in [0.2, 0.25) is 0 Å². The zero-order chi connectivity index (χ0) is 13.9. The Morgan fingerprint density at radius 1 is 1.00 bits per heavy atom. The van der Waals surface area contributed by atoms with Crippen LogP contribution >= 0.6 is 11.6 Å². The summed E-state index contributed by atoms with van der Waals surface area (Å²) in [6.45, 7) is 3.94. The summed E-state index contributed by atoms with van der Waals surface area (Å²) >= 11 is 5.97. The molecule has 1 aliphatic heterocycles. The number of rotatable bonds is 11. The number of hydrogen-bond acceptors (Lipinski definition) is 1. The van der Waals surface area contributed by atoms with Crippen molar-refractivity contribution in [1.29, 1.82) is 0 Å². The Balaban J connectivity index is 1.82. The molecule has 1 amide bonds. The monoisotopic (exact) mass is 287 g/mol. The molecule has 3 heteroatoms. The lowest BCUT2D eigenvalue weighted by atomic mass is 10.1. The lowest BCUT2D eigenvalue weighted by Gasteiger charge is -2.15. The van der Waals surface area contributed by atoms with E-state index in [1.165, 1.54) is 57.8 Å². The van der Waals surface area contributed by atoms with E-state index in [9.17, 15) is 4.79 Å². The predicted octanol–water partition coefficient (Wildman–Crippen LogP) is 4.75. The van der Waals surface area contributed by atoms with Gasteiger partial charge in [-0.05, 0) is 6.42 Å². The van der Waals surface area contributed by atoms with Crippen molar-refractivity contribution in [2.75, 3.05) is 13.1 Å². The largest absolute Gasteiger partial charge is 0.341 e. The Morgan fingerprint density at radius 2 is 1.53 bits per heavy atom. The van der Waals surface area contributed by atoms with Crippen LogP contribution in [0.1, 0.15) is 77.6 Å². The zero-order valence-corrected chi connectivity index (χ0v) is 13.3. The van der Waals surface area contributed by atoms with Gasteiger partial charge in [-0.25, -0.2) is 0 Å². The van der Waals surface area contributed by atoms with Crippen LogP contribution in [0.5, 0.6) is 0 Å². The van der Waals surface area contributed by atoms with Crippen molar-refractivity contribution in [3.05, 3.63) is 0 Å². The van der Waals surface area contributed by atoms with Crippen molar-refractivity contribution in [3.8, 4) is 0 Å². The van der Waals surface area contributed by atoms with Gasteiger partial charge in [0.15, 0.2) is 0 Å². The van der Waals surface area contributed by atoms with Crippen LogP contribution in [-0.4, -0.2) is 29.3 Å². The molecule has 1 heterocycles. The van der Waals surface area contributed by atoms with Crippen molar-refractivity contribution >= 4 is 17.5 Å². The van der Waals surface area contributed by atoms with Crippen molar-refractivity contribution in [2.24, 2.45) is 0 Å². The zero-order valence-electron chi connectivity index (χ0n) is 12.5. The van der Waals surface area contributed by atoms with E-state index >= 15 is 0 Å². The first-order valence-corrected chi connectivity index (χ1v) is 8.59. The van der Waals surface area contributed by atoms with E-state index < -0.39 is 0 Å². The smallest absolute Gasteiger partial charge is 0.224 e. The Morgan fingerprint density at radius 3 is 2.00 bits per heavy atom. The summed E-state index contributed by atoms with van der Waals surface area (Å²) in [5, 5.41) is 0.0515. The minimum atomic E-state index is 0.0515. The Bertz CT molecular complexity index is 245. The van der Waals surface area contributed by atoms with Gasteiger partial charge in [0.1, 0.15) is 0 Å². The van der Waals surface area contributed by atoms with Crippen LogP contribution in [0, 0.1) is 0 Å². The first-order chi connectivity index (χ1) is 9.24. The van der Waals surface area contributed by atoms with E-state index in [2.05, 4.69) is 6.92 Å². The van der Waals surface area contributed by atoms with E-state index in [-0.39, 0.29) is 11.3 Å². The molecule has 1 rings (SSSR count). The summed E-state index contributed by atoms with van der Waals surface area (Å²) in [5.41, 5.74) is 0. The normalized spacial score (nSPS) is 19.4. The summed E-state index contributed by atoms with van der Waals surface area (Å²) < 4.78 is 0. The number of carbonyl (C=O) groups excluding carboxylic acids is 1. The topological polar surface area (TPSA) is 20.3 Å². The molecule has 2 nitrogen and oxygen atoms in total. The summed E-state index contributed by atoms with van der Waals surface area (Å²) in [7, 11) is 0. The average Bonchev–Trinajstić information content (AvgIpc) is 2.70. The van der Waals surface area contributed by atoms with Crippen molar-refractivity contribution < 1.29 is 4.79 Å². The van der Waals surface area contributed by atoms with Crippen LogP contribution in [0.15, 0.2) is 0 Å². The van der Waals surface area contributed by atoms with E-state index in [0.29, 0.717) is 6.42 Å². The quantitative estimate of drug-likeness (QED) is 0.397. The maximum atomic E-state index is 11.5. The number of alkyl halides is 1. The fraction of sp³-hybridized carbons (Fsp3) is 0.938. The van der Waals surface area contributed by atoms with Gasteiger partial charge in [-0.1, -0.05) is 64.7 Å². The van der Waals surface area contributed by atoms with Crippen LogP contribution in [0.3, 0.4) is 0 Å². The molecule has 19 heavy (non-hydrogen) atoms. The van der Waals surface area contributed by atoms with Crippen molar-refractivity contribution in [2.45, 2.75) is 82.9 Å². The number of carbonyl (C=O) groups is 1. The third kappa shape index (κ3) is 7.81. The first-order valence-electron chi connectivity index (χ1n) is 8.16. The van der Waals surface area contributed by atoms with Gasteiger partial charge in [-0.3, -0.25) is 4.79 Å². The summed E-state index contributed by atoms with van der Waals surface area (Å²) in [4.78, 5) is 13.5. The number of nitrogens with zero attached hydrogens (tertiary/aromatic N) is 1. The highest BCUT2D eigenvalue weighted by Gasteiger charge is 2.26. The van der Waals surface area contributed by atoms with Gasteiger partial charge in [0.05, 0.1) is 5.38 Å². The summed E-state index contributed by atoms with van der Waals surface area (Å²) in [6, 6.07) is 0. The number of unbranched alkanes of at least 4 members (excludes halogenated alkanes) is 9. The SMILES string of the molecule is CCCCCCCCCCCCN1CC(Cl)CC1=O. The Kier molecular flexibility index (Phi) is 9.32. The molecule has 112 valence electrons. The predicted molar refractivity (Wildman–Crippen MR) is 82.7 cm³/mol. The Labute approximate surface area is 123 Å². The number of hydrogen-bond donors (Lipinski definition) is 0. The highest BCUT2D eigenvalue weighted by molar-refractivity contribution is 6.22. The minimum absolute atomic E-state index is 0.0515. The molecule has 0 aromatic rings. The molecule has 0 aromatic heterocycles. The maximum Gasteiger partial charge on any atom is 0.224 e. The second-order valence-corrected chi connectivity index (χ2v) is 6.44. The third-order valence-electron chi connectivity index (χ3n) is 3.95. The van der Waals surface area contributed by atoms with Gasteiger partial charge >= 0.3 is 0 Å². The van der Waals surface area contributed by atoms with E-state index in [1.54, 1.807) is 0 Å². The fourth-order valence-corrected chi connectivity index (χ4v) is 3.03. The second-order valence-electron chi connectivity index (χ2n) is 5.82. The van der Waals surface area contributed by atoms with Crippen LogP contribution < -0.4 is 0 Å². The molecule has 0 saturated carbocycles. The molecule has 1 fully saturated rings. The molecule has 1 atom stereocenters.